The molecule has 116 valence electrons. The van der Waals surface area contributed by atoms with Crippen LogP contribution in [0.3, 0.4) is 0 Å². The Balaban J connectivity index is 0.00000154. The molecule has 1 aliphatic heterocycles. The number of hydrogen-bond donors (Lipinski definition) is 0. The van der Waals surface area contributed by atoms with Gasteiger partial charge in [-0.1, -0.05) is 55.4 Å². The Labute approximate surface area is 123 Å². The molecule has 1 nitrogen and oxygen atoms in total. The summed E-state index contributed by atoms with van der Waals surface area (Å²) >= 11 is 0. The van der Waals surface area contributed by atoms with Crippen LogP contribution in [0.1, 0.15) is 68.2 Å². The second-order valence-electron chi connectivity index (χ2n) is 9.35. The molecule has 0 spiro atoms. The molecule has 1 fully saturated rings. The van der Waals surface area contributed by atoms with Gasteiger partial charge in [0.15, 0.2) is 0 Å². The summed E-state index contributed by atoms with van der Waals surface area (Å²) in [7, 11) is 4.80. The lowest BCUT2D eigenvalue weighted by atomic mass is 9.74. The van der Waals surface area contributed by atoms with Crippen LogP contribution in [0.15, 0.2) is 0 Å². The molecule has 0 aromatic carbocycles. The highest BCUT2D eigenvalue weighted by Gasteiger charge is 2.42. The maximum atomic E-state index is 2.40. The highest BCUT2D eigenvalue weighted by atomic mass is 15.3. The highest BCUT2D eigenvalue weighted by Crippen LogP contribution is 2.41. The summed E-state index contributed by atoms with van der Waals surface area (Å²) in [5.41, 5.74) is 0.955. The van der Waals surface area contributed by atoms with Crippen molar-refractivity contribution in [1.29, 1.82) is 0 Å². The van der Waals surface area contributed by atoms with Gasteiger partial charge in [0.05, 0.1) is 27.2 Å². The first kappa shape index (κ1) is 19.0. The van der Waals surface area contributed by atoms with Gasteiger partial charge < -0.3 is 4.48 Å². The summed E-state index contributed by atoms with van der Waals surface area (Å²) in [6, 6.07) is 0. The molecule has 1 heterocycles. The lowest BCUT2D eigenvalue weighted by Gasteiger charge is -2.28. The van der Waals surface area contributed by atoms with E-state index >= 15 is 0 Å². The van der Waals surface area contributed by atoms with Gasteiger partial charge in [0.1, 0.15) is 0 Å². The van der Waals surface area contributed by atoms with E-state index in [4.69, 9.17) is 0 Å². The van der Waals surface area contributed by atoms with Crippen LogP contribution >= 0.6 is 0 Å². The minimum absolute atomic E-state index is 0.477. The molecule has 0 aromatic heterocycles. The number of likely N-dealkylation sites (tertiary alicyclic amines) is 1. The predicted molar refractivity (Wildman–Crippen MR) is 88.3 cm³/mol. The van der Waals surface area contributed by atoms with E-state index in [0.717, 1.165) is 11.8 Å². The van der Waals surface area contributed by atoms with Crippen LogP contribution in [0, 0.1) is 22.7 Å². The van der Waals surface area contributed by atoms with E-state index in [2.05, 4.69) is 55.6 Å². The molecular weight excluding hydrogens is 230 g/mol. The van der Waals surface area contributed by atoms with E-state index in [9.17, 15) is 0 Å². The average molecular weight is 271 g/mol. The minimum Gasteiger partial charge on any atom is -0.328 e. The largest absolute Gasteiger partial charge is 0.328 e. The second-order valence-corrected chi connectivity index (χ2v) is 9.35. The Hall–Kier alpha value is -0.0400. The standard InChI is InChI=1S/C16H34N.C2H6/c1-15(2,3)9-13-11-17(7,8)12-14(13)10-16(4,5)6;1-2/h13-14H,9-12H2,1-8H3;1-2H3/q+1;. The van der Waals surface area contributed by atoms with Gasteiger partial charge in [-0.15, -0.1) is 0 Å². The summed E-state index contributed by atoms with van der Waals surface area (Å²) in [6.07, 6.45) is 2.77. The van der Waals surface area contributed by atoms with Gasteiger partial charge in [-0.25, -0.2) is 0 Å². The monoisotopic (exact) mass is 270 g/mol. The molecule has 1 rings (SSSR count). The quantitative estimate of drug-likeness (QED) is 0.604. The van der Waals surface area contributed by atoms with Gasteiger partial charge in [-0.3, -0.25) is 0 Å². The van der Waals surface area contributed by atoms with Crippen LogP contribution in [0.5, 0.6) is 0 Å². The normalized spacial score (nSPS) is 26.8. The first-order chi connectivity index (χ1) is 8.38. The van der Waals surface area contributed by atoms with Crippen molar-refractivity contribution in [3.8, 4) is 0 Å². The van der Waals surface area contributed by atoms with E-state index < -0.39 is 0 Å². The SMILES string of the molecule is CC.CC(C)(C)CC1C[N+](C)(C)CC1CC(C)(C)C. The number of hydrogen-bond acceptors (Lipinski definition) is 0. The molecule has 0 aliphatic carbocycles. The third-order valence-electron chi connectivity index (χ3n) is 3.87. The van der Waals surface area contributed by atoms with Crippen molar-refractivity contribution in [2.45, 2.75) is 68.2 Å². The van der Waals surface area contributed by atoms with Crippen LogP contribution in [0.4, 0.5) is 0 Å². The van der Waals surface area contributed by atoms with E-state index in [1.54, 1.807) is 0 Å². The summed E-state index contributed by atoms with van der Waals surface area (Å²) in [4.78, 5) is 0. The molecule has 0 amide bonds. The zero-order chi connectivity index (χ0) is 15.5. The Bertz CT molecular complexity index is 226. The lowest BCUT2D eigenvalue weighted by Crippen LogP contribution is -2.37. The molecule has 2 unspecified atom stereocenters. The molecular formula is C18H40N+. The smallest absolute Gasteiger partial charge is 0.0816 e. The van der Waals surface area contributed by atoms with Crippen molar-refractivity contribution in [3.05, 3.63) is 0 Å². The summed E-state index contributed by atoms with van der Waals surface area (Å²) in [5.74, 6) is 1.84. The first-order valence-corrected chi connectivity index (χ1v) is 8.20. The second kappa shape index (κ2) is 6.61. The first-order valence-electron chi connectivity index (χ1n) is 8.20. The maximum Gasteiger partial charge on any atom is 0.0816 e. The van der Waals surface area contributed by atoms with Gasteiger partial charge in [-0.2, -0.15) is 0 Å². The van der Waals surface area contributed by atoms with E-state index in [1.807, 2.05) is 13.8 Å². The summed E-state index contributed by atoms with van der Waals surface area (Å²) < 4.78 is 1.22. The Morgan fingerprint density at radius 2 is 1.00 bits per heavy atom. The maximum absolute atomic E-state index is 2.40. The van der Waals surface area contributed by atoms with Crippen molar-refractivity contribution in [3.63, 3.8) is 0 Å². The Kier molecular flexibility index (Phi) is 6.59. The third-order valence-corrected chi connectivity index (χ3v) is 3.87. The van der Waals surface area contributed by atoms with Gasteiger partial charge in [0.2, 0.25) is 0 Å². The van der Waals surface area contributed by atoms with Crippen LogP contribution < -0.4 is 0 Å². The van der Waals surface area contributed by atoms with Crippen molar-refractivity contribution in [1.82, 2.24) is 0 Å². The molecule has 0 saturated carbocycles. The fourth-order valence-electron chi connectivity index (χ4n) is 3.68. The van der Waals surface area contributed by atoms with Crippen LogP contribution in [-0.4, -0.2) is 31.7 Å². The summed E-state index contributed by atoms with van der Waals surface area (Å²) in [5, 5.41) is 0. The van der Waals surface area contributed by atoms with Crippen molar-refractivity contribution >= 4 is 0 Å². The zero-order valence-corrected chi connectivity index (χ0v) is 15.4. The fraction of sp³-hybridized carbons (Fsp3) is 1.00. The molecule has 0 radical (unpaired) electrons. The van der Waals surface area contributed by atoms with Gasteiger partial charge in [0, 0.05) is 11.8 Å². The molecule has 1 aliphatic rings. The molecule has 1 heteroatoms. The van der Waals surface area contributed by atoms with Crippen molar-refractivity contribution in [2.24, 2.45) is 22.7 Å². The topological polar surface area (TPSA) is 0 Å². The van der Waals surface area contributed by atoms with Crippen molar-refractivity contribution in [2.75, 3.05) is 27.2 Å². The minimum atomic E-state index is 0.477. The van der Waals surface area contributed by atoms with Crippen LogP contribution in [0.25, 0.3) is 0 Å². The van der Waals surface area contributed by atoms with E-state index in [0.29, 0.717) is 10.8 Å². The highest BCUT2D eigenvalue weighted by molar-refractivity contribution is 4.83. The van der Waals surface area contributed by atoms with Gasteiger partial charge >= 0.3 is 0 Å². The van der Waals surface area contributed by atoms with Crippen molar-refractivity contribution < 1.29 is 4.48 Å². The third kappa shape index (κ3) is 7.97. The molecule has 0 N–H and O–H groups in total. The fourth-order valence-corrected chi connectivity index (χ4v) is 3.68. The van der Waals surface area contributed by atoms with Gasteiger partial charge in [0.25, 0.3) is 0 Å². The molecule has 19 heavy (non-hydrogen) atoms. The number of nitrogens with zero attached hydrogens (tertiary/aromatic N) is 1. The molecule has 0 bridgehead atoms. The predicted octanol–water partition coefficient (Wildman–Crippen LogP) is 5.21. The summed E-state index contributed by atoms with van der Waals surface area (Å²) in [6.45, 7) is 21.1. The molecule has 0 aromatic rings. The van der Waals surface area contributed by atoms with Crippen LogP contribution in [0.2, 0.25) is 0 Å². The van der Waals surface area contributed by atoms with E-state index in [1.165, 1.54) is 30.4 Å². The Morgan fingerprint density at radius 3 is 1.21 bits per heavy atom. The van der Waals surface area contributed by atoms with Gasteiger partial charge in [-0.05, 0) is 23.7 Å². The molecule has 1 saturated heterocycles. The number of quaternary nitrogens is 1. The average Bonchev–Trinajstić information content (AvgIpc) is 2.38. The molecule has 2 atom stereocenters. The van der Waals surface area contributed by atoms with Crippen LogP contribution in [-0.2, 0) is 0 Å². The zero-order valence-electron chi connectivity index (χ0n) is 15.4. The Morgan fingerprint density at radius 1 is 0.737 bits per heavy atom. The van der Waals surface area contributed by atoms with E-state index in [-0.39, 0.29) is 0 Å². The number of rotatable bonds is 2. The lowest BCUT2D eigenvalue weighted by molar-refractivity contribution is -0.880.